The first kappa shape index (κ1) is 12.4. The molecular formula is C19H16O2. The summed E-state index contributed by atoms with van der Waals surface area (Å²) in [6.45, 7) is 1.39. The number of ether oxygens (including phenoxy) is 2. The molecule has 1 aliphatic rings. The van der Waals surface area contributed by atoms with E-state index in [2.05, 4.69) is 42.5 Å². The van der Waals surface area contributed by atoms with Crippen LogP contribution < -0.4 is 4.74 Å². The first-order chi connectivity index (χ1) is 10.4. The lowest BCUT2D eigenvalue weighted by molar-refractivity contribution is 0.134. The van der Waals surface area contributed by atoms with Crippen LogP contribution in [-0.2, 0) is 18.0 Å². The van der Waals surface area contributed by atoms with Crippen LogP contribution in [0.15, 0.2) is 54.6 Å². The Morgan fingerprint density at radius 3 is 2.62 bits per heavy atom. The Bertz CT molecular complexity index is 807. The maximum absolute atomic E-state index is 5.67. The molecular weight excluding hydrogens is 260 g/mol. The topological polar surface area (TPSA) is 18.5 Å². The van der Waals surface area contributed by atoms with Crippen LogP contribution in [0.3, 0.4) is 0 Å². The highest BCUT2D eigenvalue weighted by molar-refractivity contribution is 6.00. The van der Waals surface area contributed by atoms with Gasteiger partial charge >= 0.3 is 0 Å². The van der Waals surface area contributed by atoms with Crippen LogP contribution in [0, 0.1) is 0 Å². The first-order valence-corrected chi connectivity index (χ1v) is 7.12. The van der Waals surface area contributed by atoms with Crippen molar-refractivity contribution in [2.45, 2.75) is 13.2 Å². The summed E-state index contributed by atoms with van der Waals surface area (Å²) < 4.78 is 11.1. The highest BCUT2D eigenvalue weighted by Gasteiger charge is 2.19. The molecule has 2 heteroatoms. The van der Waals surface area contributed by atoms with E-state index in [0.717, 1.165) is 5.75 Å². The largest absolute Gasteiger partial charge is 0.497 e. The van der Waals surface area contributed by atoms with Gasteiger partial charge in [0, 0.05) is 0 Å². The summed E-state index contributed by atoms with van der Waals surface area (Å²) in [5.74, 6) is 0.888. The second kappa shape index (κ2) is 4.90. The van der Waals surface area contributed by atoms with Gasteiger partial charge in [-0.2, -0.15) is 0 Å². The lowest BCUT2D eigenvalue weighted by atomic mass is 9.91. The SMILES string of the molecule is COc1ccc2cc3c(c(-c4ccccc4)c2c1)COC3. The van der Waals surface area contributed by atoms with E-state index in [4.69, 9.17) is 9.47 Å². The van der Waals surface area contributed by atoms with Crippen molar-refractivity contribution in [2.24, 2.45) is 0 Å². The fraction of sp³-hybridized carbons (Fsp3) is 0.158. The zero-order valence-electron chi connectivity index (χ0n) is 11.9. The summed E-state index contributed by atoms with van der Waals surface area (Å²) in [4.78, 5) is 0. The Morgan fingerprint density at radius 1 is 0.952 bits per heavy atom. The maximum atomic E-state index is 5.67. The predicted octanol–water partition coefficient (Wildman–Crippen LogP) is 4.55. The Balaban J connectivity index is 2.10. The third-order valence-corrected chi connectivity index (χ3v) is 4.12. The van der Waals surface area contributed by atoms with Crippen LogP contribution in [0.1, 0.15) is 11.1 Å². The average Bonchev–Trinajstić information content (AvgIpc) is 3.00. The zero-order valence-corrected chi connectivity index (χ0v) is 11.9. The van der Waals surface area contributed by atoms with Crippen molar-refractivity contribution in [3.63, 3.8) is 0 Å². The van der Waals surface area contributed by atoms with Gasteiger partial charge in [0.05, 0.1) is 20.3 Å². The molecule has 0 saturated heterocycles. The molecule has 1 heterocycles. The van der Waals surface area contributed by atoms with Crippen LogP contribution in [-0.4, -0.2) is 7.11 Å². The monoisotopic (exact) mass is 276 g/mol. The summed E-state index contributed by atoms with van der Waals surface area (Å²) >= 11 is 0. The van der Waals surface area contributed by atoms with Gasteiger partial charge in [0.2, 0.25) is 0 Å². The van der Waals surface area contributed by atoms with Crippen molar-refractivity contribution < 1.29 is 9.47 Å². The van der Waals surface area contributed by atoms with Gasteiger partial charge in [0.25, 0.3) is 0 Å². The van der Waals surface area contributed by atoms with E-state index >= 15 is 0 Å². The number of fused-ring (bicyclic) bond motifs is 2. The molecule has 0 fully saturated rings. The molecule has 2 nitrogen and oxygen atoms in total. The van der Waals surface area contributed by atoms with Gasteiger partial charge in [-0.15, -0.1) is 0 Å². The third kappa shape index (κ3) is 1.99. The summed E-state index contributed by atoms with van der Waals surface area (Å²) in [5.41, 5.74) is 5.12. The summed E-state index contributed by atoms with van der Waals surface area (Å²) in [6, 6.07) is 19.0. The molecule has 0 saturated carbocycles. The standard InChI is InChI=1S/C19H16O2/c1-20-16-8-7-14-9-15-11-21-12-18(15)19(17(14)10-16)13-5-3-2-4-6-13/h2-10H,11-12H2,1H3. The molecule has 104 valence electrons. The van der Waals surface area contributed by atoms with Gasteiger partial charge in [0.15, 0.2) is 0 Å². The van der Waals surface area contributed by atoms with E-state index in [1.165, 1.54) is 33.0 Å². The lowest BCUT2D eigenvalue weighted by Gasteiger charge is -2.13. The normalized spacial score (nSPS) is 13.4. The van der Waals surface area contributed by atoms with E-state index in [1.54, 1.807) is 7.11 Å². The van der Waals surface area contributed by atoms with Crippen molar-refractivity contribution in [1.82, 2.24) is 0 Å². The van der Waals surface area contributed by atoms with Gasteiger partial charge in [-0.25, -0.2) is 0 Å². The van der Waals surface area contributed by atoms with E-state index in [0.29, 0.717) is 13.2 Å². The van der Waals surface area contributed by atoms with Crippen LogP contribution in [0.4, 0.5) is 0 Å². The molecule has 0 atom stereocenters. The zero-order chi connectivity index (χ0) is 14.2. The quantitative estimate of drug-likeness (QED) is 0.684. The predicted molar refractivity (Wildman–Crippen MR) is 84.4 cm³/mol. The molecule has 0 radical (unpaired) electrons. The minimum Gasteiger partial charge on any atom is -0.497 e. The fourth-order valence-corrected chi connectivity index (χ4v) is 3.09. The minimum absolute atomic E-state index is 0.687. The van der Waals surface area contributed by atoms with Gasteiger partial charge < -0.3 is 9.47 Å². The third-order valence-electron chi connectivity index (χ3n) is 4.12. The smallest absolute Gasteiger partial charge is 0.119 e. The number of rotatable bonds is 2. The van der Waals surface area contributed by atoms with Gasteiger partial charge in [-0.05, 0) is 51.2 Å². The first-order valence-electron chi connectivity index (χ1n) is 7.12. The molecule has 0 amide bonds. The molecule has 0 unspecified atom stereocenters. The number of hydrogen-bond acceptors (Lipinski definition) is 2. The van der Waals surface area contributed by atoms with Crippen molar-refractivity contribution in [3.8, 4) is 16.9 Å². The van der Waals surface area contributed by atoms with Crippen molar-refractivity contribution in [3.05, 3.63) is 65.7 Å². The van der Waals surface area contributed by atoms with Crippen LogP contribution in [0.5, 0.6) is 5.75 Å². The molecule has 0 bridgehead atoms. The Kier molecular flexibility index (Phi) is 2.90. The van der Waals surface area contributed by atoms with Crippen molar-refractivity contribution in [1.29, 1.82) is 0 Å². The molecule has 0 aromatic heterocycles. The van der Waals surface area contributed by atoms with E-state index in [1.807, 2.05) is 12.1 Å². The molecule has 1 aliphatic heterocycles. The molecule has 3 aromatic rings. The van der Waals surface area contributed by atoms with E-state index < -0.39 is 0 Å². The van der Waals surface area contributed by atoms with Crippen LogP contribution in [0.25, 0.3) is 21.9 Å². The summed E-state index contributed by atoms with van der Waals surface area (Å²) in [5, 5.41) is 2.46. The molecule has 3 aromatic carbocycles. The van der Waals surface area contributed by atoms with E-state index in [-0.39, 0.29) is 0 Å². The van der Waals surface area contributed by atoms with Gasteiger partial charge in [-0.1, -0.05) is 36.4 Å². The van der Waals surface area contributed by atoms with Crippen LogP contribution >= 0.6 is 0 Å². The number of methoxy groups -OCH3 is 1. The Labute approximate surface area is 123 Å². The second-order valence-electron chi connectivity index (χ2n) is 5.34. The Hall–Kier alpha value is -2.32. The summed E-state index contributed by atoms with van der Waals surface area (Å²) in [6.07, 6.45) is 0. The maximum Gasteiger partial charge on any atom is 0.119 e. The molecule has 0 aliphatic carbocycles. The number of benzene rings is 3. The molecule has 21 heavy (non-hydrogen) atoms. The molecule has 0 N–H and O–H groups in total. The van der Waals surface area contributed by atoms with E-state index in [9.17, 15) is 0 Å². The Morgan fingerprint density at radius 2 is 1.81 bits per heavy atom. The minimum atomic E-state index is 0.687. The van der Waals surface area contributed by atoms with Gasteiger partial charge in [0.1, 0.15) is 5.75 Å². The number of hydrogen-bond donors (Lipinski definition) is 0. The molecule has 0 spiro atoms. The molecule has 4 rings (SSSR count). The van der Waals surface area contributed by atoms with Crippen molar-refractivity contribution in [2.75, 3.05) is 7.11 Å². The highest BCUT2D eigenvalue weighted by atomic mass is 16.5. The van der Waals surface area contributed by atoms with Gasteiger partial charge in [-0.3, -0.25) is 0 Å². The summed E-state index contributed by atoms with van der Waals surface area (Å²) in [7, 11) is 1.71. The second-order valence-corrected chi connectivity index (χ2v) is 5.34. The fourth-order valence-electron chi connectivity index (χ4n) is 3.09. The van der Waals surface area contributed by atoms with Crippen LogP contribution in [0.2, 0.25) is 0 Å². The average molecular weight is 276 g/mol. The van der Waals surface area contributed by atoms with Crippen molar-refractivity contribution >= 4 is 10.8 Å². The lowest BCUT2D eigenvalue weighted by Crippen LogP contribution is -1.92. The highest BCUT2D eigenvalue weighted by Crippen LogP contribution is 2.39.